The van der Waals surface area contributed by atoms with Gasteiger partial charge < -0.3 is 14.7 Å². The lowest BCUT2D eigenvalue weighted by molar-refractivity contribution is -0.135. The van der Waals surface area contributed by atoms with Gasteiger partial charge in [0.25, 0.3) is 0 Å². The minimum absolute atomic E-state index is 0.160. The normalized spacial score (nSPS) is 10.7. The van der Waals surface area contributed by atoms with E-state index in [0.717, 1.165) is 0 Å². The largest absolute Gasteiger partial charge is 0.480 e. The van der Waals surface area contributed by atoms with Gasteiger partial charge in [-0.25, -0.2) is 22.0 Å². The van der Waals surface area contributed by atoms with Gasteiger partial charge in [0.1, 0.15) is 12.2 Å². The van der Waals surface area contributed by atoms with Gasteiger partial charge >= 0.3 is 5.97 Å². The van der Waals surface area contributed by atoms with Crippen LogP contribution in [-0.2, 0) is 9.53 Å². The lowest BCUT2D eigenvalue weighted by Crippen LogP contribution is -2.34. The van der Waals surface area contributed by atoms with Crippen LogP contribution >= 0.6 is 0 Å². The first-order chi connectivity index (χ1) is 9.31. The van der Waals surface area contributed by atoms with Gasteiger partial charge in [-0.2, -0.15) is 0 Å². The molecule has 0 aromatic heterocycles. The van der Waals surface area contributed by atoms with Crippen LogP contribution in [0.1, 0.15) is 0 Å². The predicted octanol–water partition coefficient (Wildman–Crippen LogP) is 1.92. The SMILES string of the molecule is COCCN(CC(=O)O)c1c(F)c(F)c(F)c(F)c1F. The summed E-state index contributed by atoms with van der Waals surface area (Å²) in [6.07, 6.45) is 0. The van der Waals surface area contributed by atoms with Crippen molar-refractivity contribution >= 4 is 11.7 Å². The van der Waals surface area contributed by atoms with Crippen LogP contribution in [0.4, 0.5) is 27.6 Å². The molecular weight excluding hydrogens is 289 g/mol. The molecule has 4 nitrogen and oxygen atoms in total. The number of anilines is 1. The summed E-state index contributed by atoms with van der Waals surface area (Å²) in [4.78, 5) is 11.1. The van der Waals surface area contributed by atoms with Gasteiger partial charge in [0.05, 0.1) is 6.61 Å². The lowest BCUT2D eigenvalue weighted by Gasteiger charge is -2.23. The van der Waals surface area contributed by atoms with Crippen molar-refractivity contribution in [3.05, 3.63) is 29.1 Å². The van der Waals surface area contributed by atoms with E-state index in [2.05, 4.69) is 4.74 Å². The molecule has 0 atom stereocenters. The number of carboxylic acid groups (broad SMARTS) is 1. The number of rotatable bonds is 6. The Morgan fingerprint density at radius 1 is 1.05 bits per heavy atom. The van der Waals surface area contributed by atoms with E-state index < -0.39 is 47.3 Å². The Hall–Kier alpha value is -1.90. The molecule has 0 aliphatic carbocycles. The van der Waals surface area contributed by atoms with Crippen LogP contribution < -0.4 is 4.90 Å². The Balaban J connectivity index is 3.35. The van der Waals surface area contributed by atoms with Crippen molar-refractivity contribution in [1.29, 1.82) is 0 Å². The average Bonchev–Trinajstić information content (AvgIpc) is 2.39. The molecule has 0 saturated carbocycles. The summed E-state index contributed by atoms with van der Waals surface area (Å²) in [5.74, 6) is -12.2. The monoisotopic (exact) mass is 299 g/mol. The number of nitrogens with zero attached hydrogens (tertiary/aromatic N) is 1. The van der Waals surface area contributed by atoms with Gasteiger partial charge in [0.2, 0.25) is 5.82 Å². The topological polar surface area (TPSA) is 49.8 Å². The third-order valence-corrected chi connectivity index (χ3v) is 2.39. The number of ether oxygens (including phenoxy) is 1. The predicted molar refractivity (Wildman–Crippen MR) is 58.0 cm³/mol. The highest BCUT2D eigenvalue weighted by molar-refractivity contribution is 5.74. The fourth-order valence-electron chi connectivity index (χ4n) is 1.51. The molecule has 1 aromatic carbocycles. The Morgan fingerprint density at radius 3 is 1.90 bits per heavy atom. The summed E-state index contributed by atoms with van der Waals surface area (Å²) in [6.45, 7) is -1.46. The Kier molecular flexibility index (Phi) is 5.26. The number of carboxylic acids is 1. The minimum Gasteiger partial charge on any atom is -0.480 e. The summed E-state index contributed by atoms with van der Waals surface area (Å²) >= 11 is 0. The van der Waals surface area contributed by atoms with Crippen LogP contribution in [0, 0.1) is 29.1 Å². The summed E-state index contributed by atoms with van der Waals surface area (Å²) in [7, 11) is 1.23. The van der Waals surface area contributed by atoms with Crippen molar-refractivity contribution in [3.63, 3.8) is 0 Å². The molecule has 1 aromatic rings. The van der Waals surface area contributed by atoms with Gasteiger partial charge in [-0.3, -0.25) is 4.79 Å². The van der Waals surface area contributed by atoms with Crippen LogP contribution in [0.25, 0.3) is 0 Å². The van der Waals surface area contributed by atoms with Gasteiger partial charge in [-0.05, 0) is 0 Å². The van der Waals surface area contributed by atoms with Crippen molar-refractivity contribution in [2.75, 3.05) is 31.7 Å². The molecule has 20 heavy (non-hydrogen) atoms. The second-order valence-corrected chi connectivity index (χ2v) is 3.73. The molecule has 0 heterocycles. The molecule has 0 spiro atoms. The maximum Gasteiger partial charge on any atom is 0.323 e. The average molecular weight is 299 g/mol. The zero-order valence-electron chi connectivity index (χ0n) is 10.2. The van der Waals surface area contributed by atoms with Gasteiger partial charge in [-0.15, -0.1) is 0 Å². The van der Waals surface area contributed by atoms with E-state index >= 15 is 0 Å². The van der Waals surface area contributed by atoms with Crippen LogP contribution in [0.3, 0.4) is 0 Å². The number of methoxy groups -OCH3 is 1. The maximum atomic E-state index is 13.5. The molecule has 0 fully saturated rings. The van der Waals surface area contributed by atoms with Crippen LogP contribution in [0.5, 0.6) is 0 Å². The summed E-state index contributed by atoms with van der Waals surface area (Å²) in [6, 6.07) is 0. The second kappa shape index (κ2) is 6.51. The minimum atomic E-state index is -2.30. The summed E-state index contributed by atoms with van der Waals surface area (Å²) in [5, 5.41) is 8.63. The van der Waals surface area contributed by atoms with E-state index in [4.69, 9.17) is 5.11 Å². The third-order valence-electron chi connectivity index (χ3n) is 2.39. The summed E-state index contributed by atoms with van der Waals surface area (Å²) in [5.41, 5.74) is -1.29. The highest BCUT2D eigenvalue weighted by Crippen LogP contribution is 2.30. The van der Waals surface area contributed by atoms with Crippen molar-refractivity contribution in [1.82, 2.24) is 0 Å². The zero-order valence-corrected chi connectivity index (χ0v) is 10.2. The molecular formula is C11H10F5NO3. The fraction of sp³-hybridized carbons (Fsp3) is 0.364. The molecule has 1 N–H and O–H groups in total. The summed E-state index contributed by atoms with van der Waals surface area (Å²) < 4.78 is 70.7. The van der Waals surface area contributed by atoms with Gasteiger partial charge in [-0.1, -0.05) is 0 Å². The number of hydrogen-bond donors (Lipinski definition) is 1. The fourth-order valence-corrected chi connectivity index (χ4v) is 1.51. The van der Waals surface area contributed by atoms with Crippen LogP contribution in [0.2, 0.25) is 0 Å². The molecule has 1 rings (SSSR count). The highest BCUT2D eigenvalue weighted by Gasteiger charge is 2.29. The standard InChI is InChI=1S/C11H10F5NO3/c1-20-3-2-17(4-5(18)19)11-9(15)7(13)6(12)8(14)10(11)16/h2-4H2,1H3,(H,18,19). The number of aliphatic carboxylic acids is 1. The highest BCUT2D eigenvalue weighted by atomic mass is 19.2. The Labute approximate surface area is 110 Å². The first kappa shape index (κ1) is 16.2. The van der Waals surface area contributed by atoms with Crippen molar-refractivity contribution in [2.24, 2.45) is 0 Å². The number of benzene rings is 1. The molecule has 9 heteroatoms. The van der Waals surface area contributed by atoms with Crippen LogP contribution in [-0.4, -0.2) is 37.9 Å². The van der Waals surface area contributed by atoms with E-state index in [1.807, 2.05) is 0 Å². The smallest absolute Gasteiger partial charge is 0.323 e. The second-order valence-electron chi connectivity index (χ2n) is 3.73. The molecule has 112 valence electrons. The van der Waals surface area contributed by atoms with E-state index in [-0.39, 0.29) is 13.2 Å². The molecule has 0 radical (unpaired) electrons. The van der Waals surface area contributed by atoms with Crippen molar-refractivity contribution in [2.45, 2.75) is 0 Å². The van der Waals surface area contributed by atoms with Gasteiger partial charge in [0, 0.05) is 13.7 Å². The number of halogens is 5. The van der Waals surface area contributed by atoms with E-state index in [9.17, 15) is 26.7 Å². The first-order valence-corrected chi connectivity index (χ1v) is 5.28. The molecule has 0 bridgehead atoms. The first-order valence-electron chi connectivity index (χ1n) is 5.28. The Bertz CT molecular complexity index is 494. The van der Waals surface area contributed by atoms with Crippen molar-refractivity contribution in [3.8, 4) is 0 Å². The molecule has 0 saturated heterocycles. The molecule has 0 unspecified atom stereocenters. The molecule has 0 amide bonds. The number of carbonyl (C=O) groups is 1. The molecule has 0 aliphatic rings. The number of hydrogen-bond acceptors (Lipinski definition) is 3. The third kappa shape index (κ3) is 3.16. The Morgan fingerprint density at radius 2 is 1.50 bits per heavy atom. The van der Waals surface area contributed by atoms with Crippen molar-refractivity contribution < 1.29 is 36.6 Å². The van der Waals surface area contributed by atoms with E-state index in [1.54, 1.807) is 0 Å². The molecule has 0 aliphatic heterocycles. The lowest BCUT2D eigenvalue weighted by atomic mass is 10.2. The van der Waals surface area contributed by atoms with Crippen LogP contribution in [0.15, 0.2) is 0 Å². The quantitative estimate of drug-likeness (QED) is 0.495. The zero-order chi connectivity index (χ0) is 15.4. The maximum absolute atomic E-state index is 13.5. The van der Waals surface area contributed by atoms with E-state index in [1.165, 1.54) is 7.11 Å². The van der Waals surface area contributed by atoms with Gasteiger partial charge in [0.15, 0.2) is 23.3 Å². The van der Waals surface area contributed by atoms with E-state index in [0.29, 0.717) is 4.90 Å².